The Hall–Kier alpha value is -1.63. The van der Waals surface area contributed by atoms with Crippen molar-refractivity contribution in [2.24, 2.45) is 5.92 Å². The van der Waals surface area contributed by atoms with Crippen LogP contribution in [0.2, 0.25) is 0 Å². The lowest BCUT2D eigenvalue weighted by Gasteiger charge is -2.15. The maximum absolute atomic E-state index is 13.0. The Balaban J connectivity index is 2.81. The van der Waals surface area contributed by atoms with Crippen LogP contribution in [-0.2, 0) is 11.0 Å². The Labute approximate surface area is 113 Å². The van der Waals surface area contributed by atoms with E-state index in [-0.39, 0.29) is 18.0 Å². The van der Waals surface area contributed by atoms with Crippen molar-refractivity contribution in [3.8, 4) is 0 Å². The van der Waals surface area contributed by atoms with Crippen LogP contribution in [0.25, 0.3) is 0 Å². The van der Waals surface area contributed by atoms with Crippen molar-refractivity contribution >= 4 is 11.6 Å². The largest absolute Gasteiger partial charge is 0.419 e. The zero-order valence-electron chi connectivity index (χ0n) is 11.0. The Morgan fingerprint density at radius 3 is 2.45 bits per heavy atom. The van der Waals surface area contributed by atoms with Crippen LogP contribution in [0, 0.1) is 11.7 Å². The summed E-state index contributed by atoms with van der Waals surface area (Å²) in [4.78, 5) is 11.5. The van der Waals surface area contributed by atoms with E-state index in [1.54, 1.807) is 13.8 Å². The highest BCUT2D eigenvalue weighted by molar-refractivity contribution is 5.91. The van der Waals surface area contributed by atoms with E-state index in [2.05, 4.69) is 5.32 Å². The second-order valence-electron chi connectivity index (χ2n) is 4.76. The van der Waals surface area contributed by atoms with Gasteiger partial charge in [0.05, 0.1) is 18.1 Å². The Morgan fingerprint density at radius 2 is 1.95 bits per heavy atom. The summed E-state index contributed by atoms with van der Waals surface area (Å²) in [5.41, 5.74) is -1.61. The summed E-state index contributed by atoms with van der Waals surface area (Å²) in [5.74, 6) is -2.19. The van der Waals surface area contributed by atoms with Gasteiger partial charge < -0.3 is 10.4 Å². The van der Waals surface area contributed by atoms with Crippen LogP contribution in [0.3, 0.4) is 0 Å². The van der Waals surface area contributed by atoms with Crippen LogP contribution in [0.1, 0.15) is 25.8 Å². The number of alkyl halides is 3. The van der Waals surface area contributed by atoms with Gasteiger partial charge in [0.1, 0.15) is 5.82 Å². The highest BCUT2D eigenvalue weighted by Crippen LogP contribution is 2.33. The first-order chi connectivity index (χ1) is 9.11. The fourth-order valence-corrected chi connectivity index (χ4v) is 1.46. The third-order valence-corrected chi connectivity index (χ3v) is 2.72. The smallest absolute Gasteiger partial charge is 0.392 e. The molecule has 1 aromatic rings. The zero-order chi connectivity index (χ0) is 15.5. The summed E-state index contributed by atoms with van der Waals surface area (Å²) >= 11 is 0. The van der Waals surface area contributed by atoms with Crippen molar-refractivity contribution in [1.82, 2.24) is 0 Å². The fraction of sp³-hybridized carbons (Fsp3) is 0.462. The lowest BCUT2D eigenvalue weighted by atomic mass is 10.0. The molecule has 0 bridgehead atoms. The van der Waals surface area contributed by atoms with E-state index in [1.165, 1.54) is 0 Å². The third kappa shape index (κ3) is 4.48. The number of aliphatic hydroxyl groups is 1. The van der Waals surface area contributed by atoms with Crippen molar-refractivity contribution < 1.29 is 27.5 Å². The molecular weight excluding hydrogens is 278 g/mol. The molecule has 1 aromatic carbocycles. The van der Waals surface area contributed by atoms with E-state index in [4.69, 9.17) is 0 Å². The molecule has 1 amide bonds. The molecule has 0 heterocycles. The van der Waals surface area contributed by atoms with Gasteiger partial charge in [-0.05, 0) is 24.1 Å². The number of hydrogen-bond donors (Lipinski definition) is 2. The topological polar surface area (TPSA) is 49.3 Å². The number of anilines is 1. The molecule has 0 aliphatic heterocycles. The predicted octanol–water partition coefficient (Wildman–Crippen LogP) is 3.19. The second kappa shape index (κ2) is 6.21. The summed E-state index contributed by atoms with van der Waals surface area (Å²) in [5, 5.41) is 11.7. The minimum absolute atomic E-state index is 0.153. The van der Waals surface area contributed by atoms with Gasteiger partial charge in [0.25, 0.3) is 0 Å². The molecule has 0 radical (unpaired) electrons. The standard InChI is InChI=1S/C13H15F4NO2/c1-7(2)11(19)6-12(20)18-8-3-4-10(14)9(5-8)13(15,16)17/h3-5,7,11,19H,6H2,1-2H3,(H,18,20). The van der Waals surface area contributed by atoms with Crippen molar-refractivity contribution in [2.45, 2.75) is 32.5 Å². The van der Waals surface area contributed by atoms with Crippen molar-refractivity contribution in [3.63, 3.8) is 0 Å². The number of rotatable bonds is 4. The molecule has 1 atom stereocenters. The van der Waals surface area contributed by atoms with Crippen molar-refractivity contribution in [1.29, 1.82) is 0 Å². The maximum atomic E-state index is 13.0. The first-order valence-corrected chi connectivity index (χ1v) is 5.96. The van der Waals surface area contributed by atoms with Gasteiger partial charge in [0.15, 0.2) is 0 Å². The molecular formula is C13H15F4NO2. The van der Waals surface area contributed by atoms with Crippen LogP contribution < -0.4 is 5.32 Å². The van der Waals surface area contributed by atoms with Gasteiger partial charge in [-0.3, -0.25) is 4.79 Å². The highest BCUT2D eigenvalue weighted by atomic mass is 19.4. The molecule has 0 aromatic heterocycles. The van der Waals surface area contributed by atoms with Crippen molar-refractivity contribution in [3.05, 3.63) is 29.6 Å². The number of carbonyl (C=O) groups excluding carboxylic acids is 1. The van der Waals surface area contributed by atoms with Gasteiger partial charge in [0.2, 0.25) is 5.91 Å². The molecule has 0 saturated carbocycles. The molecule has 7 heteroatoms. The SMILES string of the molecule is CC(C)C(O)CC(=O)Nc1ccc(F)c(C(F)(F)F)c1. The number of benzene rings is 1. The minimum atomic E-state index is -4.83. The van der Waals surface area contributed by atoms with Gasteiger partial charge in [-0.2, -0.15) is 13.2 Å². The number of amides is 1. The number of carbonyl (C=O) groups is 1. The van der Waals surface area contributed by atoms with E-state index >= 15 is 0 Å². The second-order valence-corrected chi connectivity index (χ2v) is 4.76. The first kappa shape index (κ1) is 16.4. The third-order valence-electron chi connectivity index (χ3n) is 2.72. The molecule has 0 fully saturated rings. The van der Waals surface area contributed by atoms with Gasteiger partial charge in [0, 0.05) is 5.69 Å². The Kier molecular flexibility index (Phi) is 5.10. The van der Waals surface area contributed by atoms with Crippen molar-refractivity contribution in [2.75, 3.05) is 5.32 Å². The van der Waals surface area contributed by atoms with Crippen LogP contribution in [0.15, 0.2) is 18.2 Å². The molecule has 2 N–H and O–H groups in total. The summed E-state index contributed by atoms with van der Waals surface area (Å²) in [6.07, 6.45) is -5.96. The van der Waals surface area contributed by atoms with Gasteiger partial charge in [-0.25, -0.2) is 4.39 Å². The highest BCUT2D eigenvalue weighted by Gasteiger charge is 2.34. The van der Waals surface area contributed by atoms with E-state index in [1.807, 2.05) is 0 Å². The van der Waals surface area contributed by atoms with Gasteiger partial charge in [-0.1, -0.05) is 13.8 Å². The Morgan fingerprint density at radius 1 is 1.35 bits per heavy atom. The number of halogens is 4. The van der Waals surface area contributed by atoms with E-state index < -0.39 is 29.6 Å². The quantitative estimate of drug-likeness (QED) is 0.838. The average Bonchev–Trinajstić information content (AvgIpc) is 2.29. The van der Waals surface area contributed by atoms with E-state index in [0.29, 0.717) is 12.1 Å². The monoisotopic (exact) mass is 293 g/mol. The van der Waals surface area contributed by atoms with Gasteiger partial charge in [-0.15, -0.1) is 0 Å². The molecule has 0 spiro atoms. The van der Waals surface area contributed by atoms with Crippen LogP contribution in [0.4, 0.5) is 23.2 Å². The molecule has 3 nitrogen and oxygen atoms in total. The molecule has 0 saturated heterocycles. The molecule has 0 aliphatic carbocycles. The lowest BCUT2D eigenvalue weighted by Crippen LogP contribution is -2.23. The molecule has 0 aliphatic rings. The normalized spacial score (nSPS) is 13.4. The maximum Gasteiger partial charge on any atom is 0.419 e. The predicted molar refractivity (Wildman–Crippen MR) is 65.5 cm³/mol. The van der Waals surface area contributed by atoms with Crippen LogP contribution in [-0.4, -0.2) is 17.1 Å². The molecule has 1 unspecified atom stereocenters. The summed E-state index contributed by atoms with van der Waals surface area (Å²) in [6.45, 7) is 3.41. The van der Waals surface area contributed by atoms with E-state index in [0.717, 1.165) is 6.07 Å². The number of hydrogen-bond acceptors (Lipinski definition) is 2. The lowest BCUT2D eigenvalue weighted by molar-refractivity contribution is -0.140. The zero-order valence-corrected chi connectivity index (χ0v) is 11.0. The number of nitrogens with one attached hydrogen (secondary N) is 1. The van der Waals surface area contributed by atoms with Crippen LogP contribution >= 0.6 is 0 Å². The minimum Gasteiger partial charge on any atom is -0.392 e. The van der Waals surface area contributed by atoms with Gasteiger partial charge >= 0.3 is 6.18 Å². The first-order valence-electron chi connectivity index (χ1n) is 5.96. The molecule has 112 valence electrons. The van der Waals surface area contributed by atoms with Crippen LogP contribution in [0.5, 0.6) is 0 Å². The molecule has 20 heavy (non-hydrogen) atoms. The molecule has 1 rings (SSSR count). The summed E-state index contributed by atoms with van der Waals surface area (Å²) in [6, 6.07) is 2.19. The summed E-state index contributed by atoms with van der Waals surface area (Å²) in [7, 11) is 0. The fourth-order valence-electron chi connectivity index (χ4n) is 1.46. The average molecular weight is 293 g/mol. The van der Waals surface area contributed by atoms with E-state index in [9.17, 15) is 27.5 Å². The Bertz CT molecular complexity index is 486. The number of aliphatic hydroxyl groups excluding tert-OH is 1. The summed E-state index contributed by atoms with van der Waals surface area (Å²) < 4.78 is 50.5.